The summed E-state index contributed by atoms with van der Waals surface area (Å²) in [6.45, 7) is 3.65. The van der Waals surface area contributed by atoms with E-state index < -0.39 is 13.8 Å². The van der Waals surface area contributed by atoms with E-state index in [2.05, 4.69) is 0 Å². The molecule has 0 amide bonds. The maximum Gasteiger partial charge on any atom is 0.429 e. The summed E-state index contributed by atoms with van der Waals surface area (Å²) >= 11 is 10.9. The molecule has 1 aromatic rings. The van der Waals surface area contributed by atoms with E-state index in [1.807, 2.05) is 44.2 Å². The van der Waals surface area contributed by atoms with Crippen molar-refractivity contribution in [3.63, 3.8) is 0 Å². The molecule has 1 aliphatic heterocycles. The molecule has 0 aliphatic carbocycles. The predicted octanol–water partition coefficient (Wildman–Crippen LogP) is 4.27. The van der Waals surface area contributed by atoms with E-state index in [0.717, 1.165) is 11.8 Å². The summed E-state index contributed by atoms with van der Waals surface area (Å²) in [5, 5.41) is 0. The lowest BCUT2D eigenvalue weighted by atomic mass is 9.96. The van der Waals surface area contributed by atoms with Crippen LogP contribution >= 0.6 is 31.4 Å². The van der Waals surface area contributed by atoms with Crippen LogP contribution in [0, 0.1) is 0 Å². The van der Waals surface area contributed by atoms with Crippen LogP contribution in [0.2, 0.25) is 0 Å². The minimum absolute atomic E-state index is 0.160. The minimum atomic E-state index is -3.76. The van der Waals surface area contributed by atoms with Crippen molar-refractivity contribution in [1.82, 2.24) is 0 Å². The first kappa shape index (κ1) is 16.0. The van der Waals surface area contributed by atoms with Gasteiger partial charge in [0.25, 0.3) is 0 Å². The van der Waals surface area contributed by atoms with Gasteiger partial charge in [-0.25, -0.2) is 0 Å². The fourth-order valence-corrected chi connectivity index (χ4v) is 3.77. The largest absolute Gasteiger partial charge is 0.598 e. The molecule has 1 aliphatic rings. The van der Waals surface area contributed by atoms with Gasteiger partial charge in [-0.1, -0.05) is 53.5 Å². The van der Waals surface area contributed by atoms with Crippen molar-refractivity contribution in [2.24, 2.45) is 0 Å². The first-order chi connectivity index (χ1) is 9.30. The van der Waals surface area contributed by atoms with Gasteiger partial charge in [0.15, 0.2) is 6.26 Å². The third-order valence-corrected chi connectivity index (χ3v) is 4.51. The standard InChI is InChI=1S/C13H15Cl2O4P/c1-13(2)8-11(10-6-4-3-5-7-10)18-20(16,19-13)17-9-12(14)15/h3-7,9,11H,8H2,1-2H3/t11-,20?/m1/s1. The van der Waals surface area contributed by atoms with E-state index >= 15 is 0 Å². The highest BCUT2D eigenvalue weighted by molar-refractivity contribution is 7.54. The molecule has 20 heavy (non-hydrogen) atoms. The molecule has 0 N–H and O–H groups in total. The van der Waals surface area contributed by atoms with Crippen molar-refractivity contribution in [2.45, 2.75) is 32.0 Å². The van der Waals surface area contributed by atoms with Gasteiger partial charge in [-0.15, -0.1) is 0 Å². The quantitative estimate of drug-likeness (QED) is 0.610. The van der Waals surface area contributed by atoms with Crippen LogP contribution in [0.1, 0.15) is 31.9 Å². The first-order valence-electron chi connectivity index (χ1n) is 6.03. The van der Waals surface area contributed by atoms with Crippen LogP contribution in [0.3, 0.4) is 0 Å². The summed E-state index contributed by atoms with van der Waals surface area (Å²) < 4.78 is 15.8. The number of halogens is 2. The zero-order chi connectivity index (χ0) is 14.8. The summed E-state index contributed by atoms with van der Waals surface area (Å²) in [7, 11) is -3.76. The van der Waals surface area contributed by atoms with Crippen LogP contribution in [0.4, 0.5) is 0 Å². The van der Waals surface area contributed by atoms with Crippen molar-refractivity contribution in [2.75, 3.05) is 0 Å². The average molecular weight is 337 g/mol. The Morgan fingerprint density at radius 2 is 2.05 bits per heavy atom. The zero-order valence-electron chi connectivity index (χ0n) is 11.1. The molecule has 4 nitrogen and oxygen atoms in total. The Hall–Kier alpha value is -0.350. The topological polar surface area (TPSA) is 50.8 Å². The van der Waals surface area contributed by atoms with Gasteiger partial charge in [0.05, 0.1) is 0 Å². The Labute approximate surface area is 128 Å². The number of phosphoric acid groups is 1. The molecular formula is C13H15Cl2O4P. The molecule has 0 bridgehead atoms. The molecule has 1 fully saturated rings. The summed E-state index contributed by atoms with van der Waals surface area (Å²) in [6.07, 6.45) is 1.13. The first-order valence-corrected chi connectivity index (χ1v) is 8.25. The van der Waals surface area contributed by atoms with Crippen molar-refractivity contribution in [3.8, 4) is 0 Å². The van der Waals surface area contributed by atoms with Crippen LogP contribution < -0.4 is 4.89 Å². The molecule has 1 aromatic carbocycles. The van der Waals surface area contributed by atoms with E-state index in [9.17, 15) is 4.89 Å². The number of hydrogen-bond acceptors (Lipinski definition) is 4. The fraction of sp³-hybridized carbons (Fsp3) is 0.385. The Morgan fingerprint density at radius 1 is 1.40 bits per heavy atom. The van der Waals surface area contributed by atoms with Gasteiger partial charge >= 0.3 is 8.17 Å². The lowest BCUT2D eigenvalue weighted by Crippen LogP contribution is -2.37. The lowest BCUT2D eigenvalue weighted by Gasteiger charge is -2.40. The molecule has 1 saturated heterocycles. The molecule has 0 spiro atoms. The van der Waals surface area contributed by atoms with Gasteiger partial charge in [-0.05, 0) is 19.4 Å². The second-order valence-corrected chi connectivity index (χ2v) is 7.53. The second kappa shape index (κ2) is 6.18. The summed E-state index contributed by atoms with van der Waals surface area (Å²) in [4.78, 5) is 12.5. The third kappa shape index (κ3) is 4.32. The molecule has 110 valence electrons. The van der Waals surface area contributed by atoms with Gasteiger partial charge in [0.2, 0.25) is 0 Å². The van der Waals surface area contributed by atoms with E-state index in [1.165, 1.54) is 0 Å². The van der Waals surface area contributed by atoms with Crippen LogP contribution in [-0.4, -0.2) is 5.60 Å². The van der Waals surface area contributed by atoms with Crippen LogP contribution in [0.5, 0.6) is 0 Å². The number of benzene rings is 1. The van der Waals surface area contributed by atoms with Crippen molar-refractivity contribution < 1.29 is 18.5 Å². The van der Waals surface area contributed by atoms with Crippen molar-refractivity contribution in [3.05, 3.63) is 46.6 Å². The molecule has 0 aromatic heterocycles. The van der Waals surface area contributed by atoms with Gasteiger partial charge in [0, 0.05) is 6.42 Å². The highest BCUT2D eigenvalue weighted by Crippen LogP contribution is 2.64. The smallest absolute Gasteiger partial charge is 0.429 e. The summed E-state index contributed by atoms with van der Waals surface area (Å²) in [6, 6.07) is 9.49. The van der Waals surface area contributed by atoms with Crippen LogP contribution in [0.15, 0.2) is 41.1 Å². The monoisotopic (exact) mass is 336 g/mol. The maximum atomic E-state index is 12.5. The lowest BCUT2D eigenvalue weighted by molar-refractivity contribution is -0.271. The minimum Gasteiger partial charge on any atom is -0.598 e. The van der Waals surface area contributed by atoms with Gasteiger partial charge < -0.3 is 4.89 Å². The second-order valence-electron chi connectivity index (χ2n) is 5.02. The van der Waals surface area contributed by atoms with Gasteiger partial charge in [-0.2, -0.15) is 9.05 Å². The average Bonchev–Trinajstić information content (AvgIpc) is 2.35. The van der Waals surface area contributed by atoms with E-state index in [1.54, 1.807) is 0 Å². The Bertz CT molecular complexity index is 490. The molecule has 2 atom stereocenters. The van der Waals surface area contributed by atoms with E-state index in [-0.39, 0.29) is 10.6 Å². The molecule has 2 rings (SSSR count). The maximum absolute atomic E-state index is 12.5. The third-order valence-electron chi connectivity index (χ3n) is 2.73. The molecule has 0 saturated carbocycles. The molecule has 1 heterocycles. The molecule has 7 heteroatoms. The van der Waals surface area contributed by atoms with Crippen molar-refractivity contribution in [1.29, 1.82) is 0 Å². The zero-order valence-corrected chi connectivity index (χ0v) is 13.5. The van der Waals surface area contributed by atoms with E-state index in [0.29, 0.717) is 6.42 Å². The normalized spacial score (nSPS) is 28.8. The SMILES string of the molecule is CC1(C)C[C@H](c2ccccc2)O[P+]([O-])(OC=C(Cl)Cl)O1. The van der Waals surface area contributed by atoms with Gasteiger partial charge in [0.1, 0.15) is 16.2 Å². The highest BCUT2D eigenvalue weighted by Gasteiger charge is 2.50. The van der Waals surface area contributed by atoms with Crippen molar-refractivity contribution >= 4 is 31.4 Å². The summed E-state index contributed by atoms with van der Waals surface area (Å²) in [5.74, 6) is 0. The molecule has 1 unspecified atom stereocenters. The highest BCUT2D eigenvalue weighted by atomic mass is 35.5. The van der Waals surface area contributed by atoms with Crippen LogP contribution in [-0.2, 0) is 13.6 Å². The number of phosphoric ester groups is 1. The Balaban J connectivity index is 2.22. The number of rotatable bonds is 3. The van der Waals surface area contributed by atoms with Gasteiger partial charge in [-0.3, -0.25) is 4.52 Å². The number of hydrogen-bond donors (Lipinski definition) is 0. The predicted molar refractivity (Wildman–Crippen MR) is 77.8 cm³/mol. The van der Waals surface area contributed by atoms with Crippen LogP contribution in [0.25, 0.3) is 0 Å². The van der Waals surface area contributed by atoms with E-state index in [4.69, 9.17) is 36.8 Å². The summed E-state index contributed by atoms with van der Waals surface area (Å²) in [5.41, 5.74) is 0.259. The molecule has 0 radical (unpaired) electrons. The Kier molecular flexibility index (Phi) is 4.96. The fourth-order valence-electron chi connectivity index (χ4n) is 2.00. The Morgan fingerprint density at radius 3 is 2.65 bits per heavy atom. The molecular weight excluding hydrogens is 322 g/mol.